The van der Waals surface area contributed by atoms with Gasteiger partial charge in [0, 0.05) is 24.2 Å². The molecule has 0 saturated heterocycles. The summed E-state index contributed by atoms with van der Waals surface area (Å²) in [6.07, 6.45) is 1.72. The number of hydrogen-bond acceptors (Lipinski definition) is 5. The molecule has 0 aliphatic heterocycles. The van der Waals surface area contributed by atoms with E-state index in [0.717, 1.165) is 17.8 Å². The van der Waals surface area contributed by atoms with Crippen molar-refractivity contribution in [3.8, 4) is 11.5 Å². The second kappa shape index (κ2) is 6.65. The lowest BCUT2D eigenvalue weighted by molar-refractivity contribution is -0.116. The fourth-order valence-corrected chi connectivity index (χ4v) is 1.63. The van der Waals surface area contributed by atoms with Crippen LogP contribution in [0.15, 0.2) is 35.1 Å². The summed E-state index contributed by atoms with van der Waals surface area (Å²) in [6.45, 7) is 3.54. The molecule has 6 heteroatoms. The predicted octanol–water partition coefficient (Wildman–Crippen LogP) is 1.67. The van der Waals surface area contributed by atoms with Crippen LogP contribution in [0.25, 0.3) is 11.5 Å². The third-order valence-electron chi connectivity index (χ3n) is 2.53. The predicted molar refractivity (Wildman–Crippen MR) is 71.5 cm³/mol. The minimum atomic E-state index is -0.0244. The number of rotatable bonds is 6. The highest BCUT2D eigenvalue weighted by Crippen LogP contribution is 2.20. The van der Waals surface area contributed by atoms with Crippen molar-refractivity contribution >= 4 is 11.6 Å². The van der Waals surface area contributed by atoms with Crippen LogP contribution in [0.3, 0.4) is 0 Å². The number of carbonyl (C=O) groups excluding carboxylic acids is 1. The van der Waals surface area contributed by atoms with E-state index >= 15 is 0 Å². The van der Waals surface area contributed by atoms with E-state index in [9.17, 15) is 4.79 Å². The summed E-state index contributed by atoms with van der Waals surface area (Å²) >= 11 is 0. The molecular formula is C13H16N4O2. The molecule has 2 aromatic rings. The van der Waals surface area contributed by atoms with E-state index in [4.69, 9.17) is 4.42 Å². The number of aromatic nitrogens is 2. The maximum absolute atomic E-state index is 11.7. The van der Waals surface area contributed by atoms with Crippen LogP contribution in [0.1, 0.15) is 13.3 Å². The molecule has 6 nitrogen and oxygen atoms in total. The summed E-state index contributed by atoms with van der Waals surface area (Å²) in [5, 5.41) is 13.4. The lowest BCUT2D eigenvalue weighted by Crippen LogP contribution is -2.21. The van der Waals surface area contributed by atoms with E-state index in [0.29, 0.717) is 18.9 Å². The number of carbonyl (C=O) groups is 1. The van der Waals surface area contributed by atoms with Crippen molar-refractivity contribution in [3.63, 3.8) is 0 Å². The third kappa shape index (κ3) is 3.89. The summed E-state index contributed by atoms with van der Waals surface area (Å²) in [7, 11) is 0. The van der Waals surface area contributed by atoms with E-state index in [1.165, 1.54) is 6.39 Å². The molecule has 1 heterocycles. The minimum absolute atomic E-state index is 0.0244. The Morgan fingerprint density at radius 1 is 1.42 bits per heavy atom. The maximum Gasteiger partial charge on any atom is 0.247 e. The normalized spacial score (nSPS) is 10.4. The first-order valence-corrected chi connectivity index (χ1v) is 6.16. The van der Waals surface area contributed by atoms with Crippen LogP contribution in [0.2, 0.25) is 0 Å². The Labute approximate surface area is 111 Å². The molecule has 0 radical (unpaired) electrons. The van der Waals surface area contributed by atoms with Gasteiger partial charge in [-0.1, -0.05) is 13.0 Å². The van der Waals surface area contributed by atoms with Gasteiger partial charge in [-0.2, -0.15) is 0 Å². The number of amides is 1. The average Bonchev–Trinajstić information content (AvgIpc) is 2.93. The van der Waals surface area contributed by atoms with E-state index in [-0.39, 0.29) is 5.91 Å². The van der Waals surface area contributed by atoms with E-state index in [1.807, 2.05) is 25.1 Å². The van der Waals surface area contributed by atoms with Crippen LogP contribution >= 0.6 is 0 Å². The van der Waals surface area contributed by atoms with Crippen LogP contribution in [-0.2, 0) is 4.79 Å². The molecule has 2 N–H and O–H groups in total. The minimum Gasteiger partial charge on any atom is -0.423 e. The fraction of sp³-hybridized carbons (Fsp3) is 0.308. The van der Waals surface area contributed by atoms with Gasteiger partial charge in [0.05, 0.1) is 0 Å². The number of hydrogen-bond donors (Lipinski definition) is 2. The molecule has 1 amide bonds. The van der Waals surface area contributed by atoms with Crippen molar-refractivity contribution in [2.24, 2.45) is 0 Å². The third-order valence-corrected chi connectivity index (χ3v) is 2.53. The molecule has 0 spiro atoms. The summed E-state index contributed by atoms with van der Waals surface area (Å²) in [4.78, 5) is 11.7. The van der Waals surface area contributed by atoms with Crippen molar-refractivity contribution in [3.05, 3.63) is 30.7 Å². The van der Waals surface area contributed by atoms with Crippen molar-refractivity contribution < 1.29 is 9.21 Å². The molecule has 0 saturated carbocycles. The van der Waals surface area contributed by atoms with Gasteiger partial charge in [0.2, 0.25) is 18.2 Å². The molecule has 0 atom stereocenters. The Morgan fingerprint density at radius 2 is 2.32 bits per heavy atom. The van der Waals surface area contributed by atoms with Crippen molar-refractivity contribution in [1.82, 2.24) is 15.5 Å². The first-order valence-electron chi connectivity index (χ1n) is 6.16. The number of benzene rings is 1. The molecule has 1 aromatic heterocycles. The van der Waals surface area contributed by atoms with Gasteiger partial charge in [-0.25, -0.2) is 0 Å². The van der Waals surface area contributed by atoms with E-state index in [1.54, 1.807) is 6.07 Å². The number of nitrogens with one attached hydrogen (secondary N) is 2. The first kappa shape index (κ1) is 13.2. The monoisotopic (exact) mass is 260 g/mol. The lowest BCUT2D eigenvalue weighted by Gasteiger charge is -2.06. The highest BCUT2D eigenvalue weighted by Gasteiger charge is 2.06. The molecule has 100 valence electrons. The van der Waals surface area contributed by atoms with Gasteiger partial charge in [-0.05, 0) is 24.7 Å². The molecule has 0 fully saturated rings. The topological polar surface area (TPSA) is 80.0 Å². The standard InChI is InChI=1S/C13H16N4O2/c1-2-14-7-6-12(18)16-11-5-3-4-10(8-11)13-17-15-9-19-13/h3-5,8-9,14H,2,6-7H2,1H3,(H,16,18). The Bertz CT molecular complexity index is 525. The van der Waals surface area contributed by atoms with Gasteiger partial charge in [0.1, 0.15) is 0 Å². The lowest BCUT2D eigenvalue weighted by atomic mass is 10.2. The number of nitrogens with zero attached hydrogens (tertiary/aromatic N) is 2. The van der Waals surface area contributed by atoms with E-state index in [2.05, 4.69) is 20.8 Å². The molecule has 0 unspecified atom stereocenters. The molecule has 1 aromatic carbocycles. The highest BCUT2D eigenvalue weighted by atomic mass is 16.4. The van der Waals surface area contributed by atoms with Gasteiger partial charge in [0.15, 0.2) is 0 Å². The zero-order chi connectivity index (χ0) is 13.5. The zero-order valence-corrected chi connectivity index (χ0v) is 10.7. The van der Waals surface area contributed by atoms with Gasteiger partial charge in [-0.15, -0.1) is 10.2 Å². The smallest absolute Gasteiger partial charge is 0.247 e. The summed E-state index contributed by atoms with van der Waals surface area (Å²) in [5.74, 6) is 0.410. The maximum atomic E-state index is 11.7. The molecule has 0 bridgehead atoms. The molecule has 0 aliphatic carbocycles. The molecule has 0 aliphatic rings. The second-order valence-electron chi connectivity index (χ2n) is 3.98. The Kier molecular flexibility index (Phi) is 4.63. The Morgan fingerprint density at radius 3 is 3.05 bits per heavy atom. The Hall–Kier alpha value is -2.21. The van der Waals surface area contributed by atoms with Gasteiger partial charge in [-0.3, -0.25) is 4.79 Å². The van der Waals surface area contributed by atoms with Gasteiger partial charge >= 0.3 is 0 Å². The Balaban J connectivity index is 1.97. The molecular weight excluding hydrogens is 244 g/mol. The largest absolute Gasteiger partial charge is 0.423 e. The van der Waals surface area contributed by atoms with E-state index < -0.39 is 0 Å². The van der Waals surface area contributed by atoms with Gasteiger partial charge < -0.3 is 15.1 Å². The van der Waals surface area contributed by atoms with Crippen LogP contribution < -0.4 is 10.6 Å². The zero-order valence-electron chi connectivity index (χ0n) is 10.7. The SMILES string of the molecule is CCNCCC(=O)Nc1cccc(-c2nnco2)c1. The van der Waals surface area contributed by atoms with Crippen LogP contribution in [0, 0.1) is 0 Å². The van der Waals surface area contributed by atoms with Crippen LogP contribution in [0.4, 0.5) is 5.69 Å². The van der Waals surface area contributed by atoms with Crippen molar-refractivity contribution in [1.29, 1.82) is 0 Å². The average molecular weight is 260 g/mol. The molecule has 2 rings (SSSR count). The van der Waals surface area contributed by atoms with Crippen LogP contribution in [-0.4, -0.2) is 29.2 Å². The summed E-state index contributed by atoms with van der Waals surface area (Å²) in [5.41, 5.74) is 1.50. The van der Waals surface area contributed by atoms with Crippen LogP contribution in [0.5, 0.6) is 0 Å². The fourth-order valence-electron chi connectivity index (χ4n) is 1.63. The second-order valence-corrected chi connectivity index (χ2v) is 3.98. The van der Waals surface area contributed by atoms with Crippen molar-refractivity contribution in [2.75, 3.05) is 18.4 Å². The molecule has 19 heavy (non-hydrogen) atoms. The number of anilines is 1. The highest BCUT2D eigenvalue weighted by molar-refractivity contribution is 5.91. The quantitative estimate of drug-likeness (QED) is 0.772. The summed E-state index contributed by atoms with van der Waals surface area (Å²) in [6, 6.07) is 7.31. The summed E-state index contributed by atoms with van der Waals surface area (Å²) < 4.78 is 5.11. The first-order chi connectivity index (χ1) is 9.29. The van der Waals surface area contributed by atoms with Gasteiger partial charge in [0.25, 0.3) is 0 Å². The van der Waals surface area contributed by atoms with Crippen molar-refractivity contribution in [2.45, 2.75) is 13.3 Å².